The molecule has 1 atom stereocenters. The Kier molecular flexibility index (Phi) is 4.15. The smallest absolute Gasteiger partial charge is 0.407 e. The number of hydrogen-bond acceptors (Lipinski definition) is 2. The second kappa shape index (κ2) is 6.33. The van der Waals surface area contributed by atoms with E-state index in [1.54, 1.807) is 0 Å². The Morgan fingerprint density at radius 3 is 2.60 bits per heavy atom. The minimum Gasteiger partial charge on any atom is -0.465 e. The molecule has 1 fully saturated rings. The molecule has 25 heavy (non-hydrogen) atoms. The fraction of sp³-hybridized carbons (Fsp3) is 0.263. The lowest BCUT2D eigenvalue weighted by Crippen LogP contribution is -2.42. The van der Waals surface area contributed by atoms with Crippen molar-refractivity contribution >= 4 is 40.3 Å². The van der Waals surface area contributed by atoms with Gasteiger partial charge in [0.2, 0.25) is 5.91 Å². The molecule has 4 rings (SSSR count). The predicted molar refractivity (Wildman–Crippen MR) is 104 cm³/mol. The van der Waals surface area contributed by atoms with Crippen LogP contribution < -0.4 is 5.32 Å². The molecular weight excluding hydrogens is 431 g/mol. The monoisotopic (exact) mass is 448 g/mol. The number of carbonyl (C=O) groups excluding carboxylic acids is 1. The summed E-state index contributed by atoms with van der Waals surface area (Å²) in [6.45, 7) is 0.422. The van der Waals surface area contributed by atoms with Crippen LogP contribution in [0.5, 0.6) is 0 Å². The van der Waals surface area contributed by atoms with E-state index < -0.39 is 12.1 Å². The SMILES string of the molecule is O=C(Nc1ccc2c(c1)Cc1cc(I)ccc1-2)[C@@H]1CCCN1C(=O)O. The third-order valence-corrected chi connectivity index (χ3v) is 5.58. The number of halogens is 1. The first-order valence-electron chi connectivity index (χ1n) is 8.25. The molecule has 0 radical (unpaired) electrons. The predicted octanol–water partition coefficient (Wildman–Crippen LogP) is 3.94. The minimum absolute atomic E-state index is 0.245. The van der Waals surface area contributed by atoms with Crippen molar-refractivity contribution in [1.29, 1.82) is 0 Å². The Morgan fingerprint density at radius 1 is 1.12 bits per heavy atom. The summed E-state index contributed by atoms with van der Waals surface area (Å²) in [6.07, 6.45) is 1.13. The second-order valence-electron chi connectivity index (χ2n) is 6.47. The first-order valence-corrected chi connectivity index (χ1v) is 9.33. The fourth-order valence-electron chi connectivity index (χ4n) is 3.75. The molecule has 2 N–H and O–H groups in total. The summed E-state index contributed by atoms with van der Waals surface area (Å²) >= 11 is 2.31. The number of nitrogens with one attached hydrogen (secondary N) is 1. The molecule has 0 unspecified atom stereocenters. The van der Waals surface area contributed by atoms with Crippen LogP contribution in [-0.4, -0.2) is 34.6 Å². The van der Waals surface area contributed by atoms with E-state index in [4.69, 9.17) is 0 Å². The zero-order valence-corrected chi connectivity index (χ0v) is 15.6. The van der Waals surface area contributed by atoms with Gasteiger partial charge in [0.1, 0.15) is 6.04 Å². The highest BCUT2D eigenvalue weighted by atomic mass is 127. The van der Waals surface area contributed by atoms with Crippen LogP contribution in [0.15, 0.2) is 36.4 Å². The van der Waals surface area contributed by atoms with Crippen LogP contribution in [0.25, 0.3) is 11.1 Å². The van der Waals surface area contributed by atoms with Gasteiger partial charge in [-0.05, 0) is 88.4 Å². The van der Waals surface area contributed by atoms with E-state index in [2.05, 4.69) is 46.1 Å². The van der Waals surface area contributed by atoms with Gasteiger partial charge in [-0.25, -0.2) is 4.79 Å². The molecule has 1 heterocycles. The number of carbonyl (C=O) groups is 2. The lowest BCUT2D eigenvalue weighted by atomic mass is 10.1. The van der Waals surface area contributed by atoms with Gasteiger partial charge in [0, 0.05) is 15.8 Å². The van der Waals surface area contributed by atoms with Crippen molar-refractivity contribution in [2.75, 3.05) is 11.9 Å². The molecule has 1 aliphatic carbocycles. The minimum atomic E-state index is -1.03. The van der Waals surface area contributed by atoms with E-state index in [9.17, 15) is 14.7 Å². The Bertz CT molecular complexity index is 881. The van der Waals surface area contributed by atoms with Crippen LogP contribution >= 0.6 is 22.6 Å². The molecule has 1 saturated heterocycles. The van der Waals surface area contributed by atoms with Crippen LogP contribution in [0.3, 0.4) is 0 Å². The van der Waals surface area contributed by atoms with Gasteiger partial charge in [0.25, 0.3) is 0 Å². The summed E-state index contributed by atoms with van der Waals surface area (Å²) in [4.78, 5) is 24.9. The average molecular weight is 448 g/mol. The molecule has 2 aromatic rings. The Labute approximate surface area is 159 Å². The summed E-state index contributed by atoms with van der Waals surface area (Å²) in [5, 5.41) is 12.1. The molecule has 1 aliphatic heterocycles. The third kappa shape index (κ3) is 2.99. The molecule has 2 aromatic carbocycles. The van der Waals surface area contributed by atoms with Crippen LogP contribution in [0.1, 0.15) is 24.0 Å². The van der Waals surface area contributed by atoms with E-state index in [1.807, 2.05) is 18.2 Å². The van der Waals surface area contributed by atoms with Crippen molar-refractivity contribution in [2.24, 2.45) is 0 Å². The van der Waals surface area contributed by atoms with Gasteiger partial charge in [-0.2, -0.15) is 0 Å². The zero-order valence-electron chi connectivity index (χ0n) is 13.5. The molecule has 128 valence electrons. The number of carboxylic acid groups (broad SMARTS) is 1. The highest BCUT2D eigenvalue weighted by Crippen LogP contribution is 2.38. The van der Waals surface area contributed by atoms with E-state index in [-0.39, 0.29) is 5.91 Å². The average Bonchev–Trinajstić information content (AvgIpc) is 3.18. The van der Waals surface area contributed by atoms with Gasteiger partial charge >= 0.3 is 6.09 Å². The Balaban J connectivity index is 1.54. The quantitative estimate of drug-likeness (QED) is 0.584. The maximum absolute atomic E-state index is 12.5. The fourth-order valence-corrected chi connectivity index (χ4v) is 4.31. The Hall–Kier alpha value is -2.09. The van der Waals surface area contributed by atoms with Crippen molar-refractivity contribution in [3.63, 3.8) is 0 Å². The summed E-state index contributed by atoms with van der Waals surface area (Å²) in [5.41, 5.74) is 5.68. The van der Waals surface area contributed by atoms with E-state index in [1.165, 1.54) is 30.7 Å². The summed E-state index contributed by atoms with van der Waals surface area (Å²) < 4.78 is 1.22. The van der Waals surface area contributed by atoms with Gasteiger partial charge in [-0.1, -0.05) is 12.1 Å². The molecule has 2 aliphatic rings. The number of fused-ring (bicyclic) bond motifs is 3. The van der Waals surface area contributed by atoms with E-state index in [0.717, 1.165) is 18.5 Å². The molecule has 2 amide bonds. The second-order valence-corrected chi connectivity index (χ2v) is 7.72. The summed E-state index contributed by atoms with van der Waals surface area (Å²) in [7, 11) is 0. The Morgan fingerprint density at radius 2 is 1.84 bits per heavy atom. The third-order valence-electron chi connectivity index (χ3n) is 4.91. The number of likely N-dealkylation sites (tertiary alicyclic amines) is 1. The molecule has 5 nitrogen and oxygen atoms in total. The number of rotatable bonds is 2. The highest BCUT2D eigenvalue weighted by molar-refractivity contribution is 14.1. The van der Waals surface area contributed by atoms with Gasteiger partial charge in [0.05, 0.1) is 0 Å². The standard InChI is InChI=1S/C19H17IN2O3/c20-13-3-5-15-11(9-13)8-12-10-14(4-6-16(12)15)21-18(23)17-2-1-7-22(17)19(24)25/h3-6,9-10,17H,1-2,7-8H2,(H,21,23)(H,24,25)/t17-/m0/s1. The number of amides is 2. The van der Waals surface area contributed by atoms with E-state index in [0.29, 0.717) is 13.0 Å². The van der Waals surface area contributed by atoms with Gasteiger partial charge < -0.3 is 10.4 Å². The first-order chi connectivity index (χ1) is 12.0. The van der Waals surface area contributed by atoms with Crippen LogP contribution in [-0.2, 0) is 11.2 Å². The topological polar surface area (TPSA) is 69.6 Å². The molecular formula is C19H17IN2O3. The van der Waals surface area contributed by atoms with E-state index >= 15 is 0 Å². The molecule has 0 saturated carbocycles. The maximum atomic E-state index is 12.5. The van der Waals surface area contributed by atoms with Crippen molar-refractivity contribution in [3.8, 4) is 11.1 Å². The zero-order chi connectivity index (χ0) is 17.6. The van der Waals surface area contributed by atoms with Gasteiger partial charge in [-0.3, -0.25) is 9.69 Å². The van der Waals surface area contributed by atoms with Crippen molar-refractivity contribution in [1.82, 2.24) is 4.90 Å². The van der Waals surface area contributed by atoms with Gasteiger partial charge in [-0.15, -0.1) is 0 Å². The summed E-state index contributed by atoms with van der Waals surface area (Å²) in [5.74, 6) is -0.245. The lowest BCUT2D eigenvalue weighted by molar-refractivity contribution is -0.119. The van der Waals surface area contributed by atoms with Crippen molar-refractivity contribution < 1.29 is 14.7 Å². The van der Waals surface area contributed by atoms with Crippen LogP contribution in [0.4, 0.5) is 10.5 Å². The van der Waals surface area contributed by atoms with Crippen molar-refractivity contribution in [3.05, 3.63) is 51.1 Å². The maximum Gasteiger partial charge on any atom is 0.407 e. The number of benzene rings is 2. The largest absolute Gasteiger partial charge is 0.465 e. The summed E-state index contributed by atoms with van der Waals surface area (Å²) in [6, 6.07) is 11.8. The molecule has 0 spiro atoms. The highest BCUT2D eigenvalue weighted by Gasteiger charge is 2.34. The number of nitrogens with zero attached hydrogens (tertiary/aromatic N) is 1. The normalized spacial score (nSPS) is 18.0. The number of anilines is 1. The molecule has 0 aromatic heterocycles. The van der Waals surface area contributed by atoms with Crippen LogP contribution in [0.2, 0.25) is 0 Å². The number of hydrogen-bond donors (Lipinski definition) is 2. The van der Waals surface area contributed by atoms with Crippen molar-refractivity contribution in [2.45, 2.75) is 25.3 Å². The molecule has 6 heteroatoms. The molecule has 0 bridgehead atoms. The lowest BCUT2D eigenvalue weighted by Gasteiger charge is -2.20. The first kappa shape index (κ1) is 16.4. The van der Waals surface area contributed by atoms with Gasteiger partial charge in [0.15, 0.2) is 0 Å². The van der Waals surface area contributed by atoms with Crippen LogP contribution in [0, 0.1) is 3.57 Å².